The molecule has 0 radical (unpaired) electrons. The summed E-state index contributed by atoms with van der Waals surface area (Å²) in [5.41, 5.74) is 0. The van der Waals surface area contributed by atoms with E-state index in [0.717, 1.165) is 0 Å². The first-order valence-corrected chi connectivity index (χ1v) is 2.83. The van der Waals surface area contributed by atoms with Crippen molar-refractivity contribution in [3.05, 3.63) is 12.7 Å². The van der Waals surface area contributed by atoms with Crippen LogP contribution in [-0.2, 0) is 4.74 Å². The minimum atomic E-state index is -0.354. The Bertz CT molecular complexity index is 144. The molecule has 0 aromatic heterocycles. The Balaban J connectivity index is 2.57. The van der Waals surface area contributed by atoms with E-state index in [4.69, 9.17) is 4.74 Å². The lowest BCUT2D eigenvalue weighted by molar-refractivity contribution is 0.154. The summed E-state index contributed by atoms with van der Waals surface area (Å²) in [5.74, 6) is 0. The Hall–Kier alpha value is -0.990. The highest BCUT2D eigenvalue weighted by Crippen LogP contribution is 2.07. The molecule has 2 atom stereocenters. The van der Waals surface area contributed by atoms with Crippen molar-refractivity contribution in [3.8, 4) is 0 Å². The normalized spacial score (nSPS) is 33.2. The van der Waals surface area contributed by atoms with Gasteiger partial charge in [-0.3, -0.25) is 0 Å². The summed E-state index contributed by atoms with van der Waals surface area (Å²) in [4.78, 5) is 10.4. The first kappa shape index (κ1) is 6.13. The van der Waals surface area contributed by atoms with E-state index in [9.17, 15) is 4.79 Å². The quantitative estimate of drug-likeness (QED) is 0.526. The van der Waals surface area contributed by atoms with Crippen LogP contribution >= 0.6 is 0 Å². The molecule has 0 spiro atoms. The highest BCUT2D eigenvalue weighted by atomic mass is 16.6. The van der Waals surface area contributed by atoms with Gasteiger partial charge in [0.15, 0.2) is 0 Å². The van der Waals surface area contributed by atoms with Crippen molar-refractivity contribution >= 4 is 6.09 Å². The molecule has 0 saturated carbocycles. The predicted octanol–water partition coefficient (Wildman–Crippen LogP) is 0.669. The van der Waals surface area contributed by atoms with Crippen LogP contribution in [0.5, 0.6) is 0 Å². The fraction of sp³-hybridized carbons (Fsp3) is 0.500. The molecule has 9 heavy (non-hydrogen) atoms. The van der Waals surface area contributed by atoms with Gasteiger partial charge in [-0.1, -0.05) is 6.58 Å². The van der Waals surface area contributed by atoms with Crippen LogP contribution in [0.2, 0.25) is 0 Å². The number of cyclic esters (lactones) is 1. The van der Waals surface area contributed by atoms with Crippen molar-refractivity contribution in [1.29, 1.82) is 0 Å². The van der Waals surface area contributed by atoms with E-state index < -0.39 is 0 Å². The Morgan fingerprint density at radius 1 is 1.89 bits per heavy atom. The monoisotopic (exact) mass is 127 g/mol. The van der Waals surface area contributed by atoms with Crippen LogP contribution in [0.4, 0.5) is 4.79 Å². The third-order valence-corrected chi connectivity index (χ3v) is 1.31. The fourth-order valence-corrected chi connectivity index (χ4v) is 0.780. The fourth-order valence-electron chi connectivity index (χ4n) is 0.780. The summed E-state index contributed by atoms with van der Waals surface area (Å²) >= 11 is 0. The summed E-state index contributed by atoms with van der Waals surface area (Å²) in [7, 11) is 0. The molecule has 1 saturated heterocycles. The van der Waals surface area contributed by atoms with E-state index in [2.05, 4.69) is 11.9 Å². The van der Waals surface area contributed by atoms with E-state index in [1.165, 1.54) is 0 Å². The van der Waals surface area contributed by atoms with Gasteiger partial charge in [0.1, 0.15) is 6.10 Å². The standard InChI is InChI=1S/C6H9NO2/c1-3-5-4(2)7-6(8)9-5/h3-5H,1H2,2H3,(H,7,8)/t4-,5-/m1/s1. The first-order valence-electron chi connectivity index (χ1n) is 2.83. The molecule has 0 aromatic carbocycles. The van der Waals surface area contributed by atoms with Crippen LogP contribution in [0.25, 0.3) is 0 Å². The zero-order valence-electron chi connectivity index (χ0n) is 5.26. The molecule has 0 aromatic rings. The molecule has 1 heterocycles. The van der Waals surface area contributed by atoms with Gasteiger partial charge in [0, 0.05) is 0 Å². The summed E-state index contributed by atoms with van der Waals surface area (Å²) in [5, 5.41) is 2.59. The zero-order chi connectivity index (χ0) is 6.85. The summed E-state index contributed by atoms with van der Waals surface area (Å²) in [6.07, 6.45) is 1.10. The van der Waals surface area contributed by atoms with Gasteiger partial charge in [0.25, 0.3) is 0 Å². The van der Waals surface area contributed by atoms with Gasteiger partial charge in [-0.25, -0.2) is 4.79 Å². The molecule has 0 bridgehead atoms. The van der Waals surface area contributed by atoms with Crippen LogP contribution < -0.4 is 5.32 Å². The Kier molecular flexibility index (Phi) is 1.42. The van der Waals surface area contributed by atoms with Gasteiger partial charge < -0.3 is 10.1 Å². The number of carbonyl (C=O) groups excluding carboxylic acids is 1. The second kappa shape index (κ2) is 2.09. The second-order valence-electron chi connectivity index (χ2n) is 2.04. The largest absolute Gasteiger partial charge is 0.440 e. The molecule has 1 fully saturated rings. The molecule has 3 nitrogen and oxygen atoms in total. The average Bonchev–Trinajstić information content (AvgIpc) is 2.10. The highest BCUT2D eigenvalue weighted by molar-refractivity contribution is 5.70. The van der Waals surface area contributed by atoms with E-state index in [1.807, 2.05) is 6.92 Å². The maximum absolute atomic E-state index is 10.4. The molecule has 1 aliphatic heterocycles. The highest BCUT2D eigenvalue weighted by Gasteiger charge is 2.27. The minimum absolute atomic E-state index is 0.0648. The summed E-state index contributed by atoms with van der Waals surface area (Å²) in [6.45, 7) is 5.38. The number of ether oxygens (including phenoxy) is 1. The molecular weight excluding hydrogens is 118 g/mol. The van der Waals surface area contributed by atoms with Crippen molar-refractivity contribution in [2.24, 2.45) is 0 Å². The zero-order valence-corrected chi connectivity index (χ0v) is 5.26. The van der Waals surface area contributed by atoms with Crippen LogP contribution in [0.3, 0.4) is 0 Å². The molecule has 3 heteroatoms. The van der Waals surface area contributed by atoms with Crippen LogP contribution in [0.1, 0.15) is 6.92 Å². The van der Waals surface area contributed by atoms with Crippen molar-refractivity contribution in [3.63, 3.8) is 0 Å². The third-order valence-electron chi connectivity index (χ3n) is 1.31. The van der Waals surface area contributed by atoms with Gasteiger partial charge >= 0.3 is 6.09 Å². The number of nitrogens with one attached hydrogen (secondary N) is 1. The smallest absolute Gasteiger partial charge is 0.408 e. The number of rotatable bonds is 1. The van der Waals surface area contributed by atoms with Crippen molar-refractivity contribution in [1.82, 2.24) is 5.32 Å². The van der Waals surface area contributed by atoms with Crippen molar-refractivity contribution < 1.29 is 9.53 Å². The Morgan fingerprint density at radius 3 is 2.78 bits per heavy atom. The number of carbonyl (C=O) groups is 1. The van der Waals surface area contributed by atoms with E-state index >= 15 is 0 Å². The Morgan fingerprint density at radius 2 is 2.56 bits per heavy atom. The van der Waals surface area contributed by atoms with Crippen molar-refractivity contribution in [2.45, 2.75) is 19.1 Å². The second-order valence-corrected chi connectivity index (χ2v) is 2.04. The lowest BCUT2D eigenvalue weighted by atomic mass is 10.2. The van der Waals surface area contributed by atoms with Gasteiger partial charge in [-0.15, -0.1) is 0 Å². The first-order chi connectivity index (χ1) is 4.24. The van der Waals surface area contributed by atoms with Crippen LogP contribution in [0, 0.1) is 0 Å². The number of alkyl carbamates (subject to hydrolysis) is 1. The third kappa shape index (κ3) is 1.04. The lowest BCUT2D eigenvalue weighted by Gasteiger charge is -2.04. The number of amides is 1. The Labute approximate surface area is 53.7 Å². The molecule has 1 aliphatic rings. The van der Waals surface area contributed by atoms with E-state index in [1.54, 1.807) is 6.08 Å². The van der Waals surface area contributed by atoms with Gasteiger partial charge in [0.05, 0.1) is 6.04 Å². The molecule has 1 rings (SSSR count). The number of hydrogen-bond acceptors (Lipinski definition) is 2. The molecule has 1 N–H and O–H groups in total. The number of hydrogen-bond donors (Lipinski definition) is 1. The van der Waals surface area contributed by atoms with Crippen LogP contribution in [0.15, 0.2) is 12.7 Å². The molecule has 50 valence electrons. The van der Waals surface area contributed by atoms with Crippen LogP contribution in [-0.4, -0.2) is 18.2 Å². The van der Waals surface area contributed by atoms with E-state index in [-0.39, 0.29) is 18.2 Å². The van der Waals surface area contributed by atoms with E-state index in [0.29, 0.717) is 0 Å². The maximum atomic E-state index is 10.4. The molecule has 1 amide bonds. The molecular formula is C6H9NO2. The van der Waals surface area contributed by atoms with Gasteiger partial charge in [0.2, 0.25) is 0 Å². The van der Waals surface area contributed by atoms with Gasteiger partial charge in [-0.05, 0) is 13.0 Å². The summed E-state index contributed by atoms with van der Waals surface area (Å²) < 4.78 is 4.75. The molecule has 0 unspecified atom stereocenters. The lowest BCUT2D eigenvalue weighted by Crippen LogP contribution is -2.26. The molecule has 0 aliphatic carbocycles. The topological polar surface area (TPSA) is 38.3 Å². The predicted molar refractivity (Wildman–Crippen MR) is 33.1 cm³/mol. The van der Waals surface area contributed by atoms with Gasteiger partial charge in [-0.2, -0.15) is 0 Å². The average molecular weight is 127 g/mol. The minimum Gasteiger partial charge on any atom is -0.440 e. The summed E-state index contributed by atoms with van der Waals surface area (Å²) in [6, 6.07) is 0.0648. The maximum Gasteiger partial charge on any atom is 0.408 e. The van der Waals surface area contributed by atoms with Crippen molar-refractivity contribution in [2.75, 3.05) is 0 Å². The SMILES string of the molecule is C=C[C@H]1OC(=O)N[C@@H]1C.